The molecule has 1 amide bonds. The van der Waals surface area contributed by atoms with E-state index < -0.39 is 0 Å². The molecule has 0 fully saturated rings. The summed E-state index contributed by atoms with van der Waals surface area (Å²) in [5, 5.41) is 0. The highest BCUT2D eigenvalue weighted by Crippen LogP contribution is 2.20. The third-order valence-electron chi connectivity index (χ3n) is 2.79. The monoisotopic (exact) mass is 314 g/mol. The molecule has 1 unspecified atom stereocenters. The van der Waals surface area contributed by atoms with Gasteiger partial charge in [-0.15, -0.1) is 0 Å². The lowest BCUT2D eigenvalue weighted by molar-refractivity contribution is 0.0580. The van der Waals surface area contributed by atoms with Crippen molar-refractivity contribution < 1.29 is 9.53 Å². The third-order valence-corrected chi connectivity index (χ3v) is 3.28. The van der Waals surface area contributed by atoms with Crippen LogP contribution in [0.1, 0.15) is 24.2 Å². The Bertz CT molecular complexity index is 423. The van der Waals surface area contributed by atoms with E-state index in [2.05, 4.69) is 15.9 Å². The van der Waals surface area contributed by atoms with E-state index in [1.165, 1.54) is 0 Å². The number of nitrogen functional groups attached to an aromatic ring is 1. The molecule has 0 aliphatic rings. The Morgan fingerprint density at radius 3 is 2.72 bits per heavy atom. The van der Waals surface area contributed by atoms with Crippen LogP contribution >= 0.6 is 15.9 Å². The number of nitrogens with two attached hydrogens (primary N) is 1. The fraction of sp³-hybridized carbons (Fsp3) is 0.462. The predicted octanol–water partition coefficient (Wildman–Crippen LogP) is 2.53. The van der Waals surface area contributed by atoms with Crippen molar-refractivity contribution in [3.63, 3.8) is 0 Å². The molecule has 0 aliphatic carbocycles. The molecule has 0 aromatic heterocycles. The number of rotatable bonds is 5. The molecule has 5 heteroatoms. The zero-order chi connectivity index (χ0) is 13.7. The number of nitrogens with zero attached hydrogens (tertiary/aromatic N) is 1. The van der Waals surface area contributed by atoms with Gasteiger partial charge in [-0.25, -0.2) is 0 Å². The number of anilines is 1. The van der Waals surface area contributed by atoms with Gasteiger partial charge in [0.15, 0.2) is 0 Å². The summed E-state index contributed by atoms with van der Waals surface area (Å²) in [4.78, 5) is 14.2. The van der Waals surface area contributed by atoms with Crippen molar-refractivity contribution in [2.75, 3.05) is 26.0 Å². The van der Waals surface area contributed by atoms with Crippen LogP contribution in [0.5, 0.6) is 0 Å². The fourth-order valence-corrected chi connectivity index (χ4v) is 2.25. The minimum Gasteiger partial charge on any atom is -0.398 e. The Morgan fingerprint density at radius 1 is 1.56 bits per heavy atom. The van der Waals surface area contributed by atoms with E-state index in [1.54, 1.807) is 24.1 Å². The maximum absolute atomic E-state index is 12.4. The molecule has 4 nitrogen and oxygen atoms in total. The van der Waals surface area contributed by atoms with Crippen molar-refractivity contribution in [3.8, 4) is 0 Å². The lowest BCUT2D eigenvalue weighted by atomic mass is 10.1. The van der Waals surface area contributed by atoms with Crippen molar-refractivity contribution in [2.45, 2.75) is 19.9 Å². The summed E-state index contributed by atoms with van der Waals surface area (Å²) in [6.45, 7) is 5.04. The van der Waals surface area contributed by atoms with Crippen LogP contribution in [0, 0.1) is 0 Å². The molecule has 0 radical (unpaired) electrons. The third kappa shape index (κ3) is 3.46. The van der Waals surface area contributed by atoms with E-state index >= 15 is 0 Å². The number of methoxy groups -OCH3 is 1. The van der Waals surface area contributed by atoms with Crippen LogP contribution in [0.25, 0.3) is 0 Å². The number of hydrogen-bond donors (Lipinski definition) is 1. The Hall–Kier alpha value is -1.07. The van der Waals surface area contributed by atoms with E-state index in [9.17, 15) is 4.79 Å². The summed E-state index contributed by atoms with van der Waals surface area (Å²) in [6.07, 6.45) is 0. The zero-order valence-corrected chi connectivity index (χ0v) is 12.5. The first-order valence-corrected chi connectivity index (χ1v) is 6.65. The highest BCUT2D eigenvalue weighted by atomic mass is 79.9. The molecular weight excluding hydrogens is 296 g/mol. The van der Waals surface area contributed by atoms with Gasteiger partial charge in [0.2, 0.25) is 0 Å². The second-order valence-corrected chi connectivity index (χ2v) is 5.04. The number of hydrogen-bond acceptors (Lipinski definition) is 3. The van der Waals surface area contributed by atoms with Crippen molar-refractivity contribution >= 4 is 27.5 Å². The van der Waals surface area contributed by atoms with E-state index in [4.69, 9.17) is 10.5 Å². The predicted molar refractivity (Wildman–Crippen MR) is 76.6 cm³/mol. The van der Waals surface area contributed by atoms with E-state index in [0.717, 1.165) is 4.47 Å². The maximum Gasteiger partial charge on any atom is 0.256 e. The van der Waals surface area contributed by atoms with Crippen molar-refractivity contribution in [2.24, 2.45) is 0 Å². The van der Waals surface area contributed by atoms with Crippen LogP contribution in [0.3, 0.4) is 0 Å². The highest BCUT2D eigenvalue weighted by Gasteiger charge is 2.21. The molecule has 1 rings (SSSR count). The van der Waals surface area contributed by atoms with E-state index in [1.807, 2.05) is 19.9 Å². The van der Waals surface area contributed by atoms with Gasteiger partial charge in [-0.05, 0) is 32.0 Å². The standard InChI is InChI=1S/C13H19BrN2O2/c1-4-16(9(2)8-18-3)13(17)11-6-5-10(14)7-12(11)15/h5-7,9H,4,8,15H2,1-3H3. The number of benzene rings is 1. The van der Waals surface area contributed by atoms with Crippen LogP contribution < -0.4 is 5.73 Å². The Kier molecular flexibility index (Phi) is 5.62. The molecule has 0 saturated heterocycles. The van der Waals surface area contributed by atoms with Crippen LogP contribution in [0.4, 0.5) is 5.69 Å². The van der Waals surface area contributed by atoms with Crippen LogP contribution in [0.15, 0.2) is 22.7 Å². The van der Waals surface area contributed by atoms with Crippen LogP contribution in [-0.4, -0.2) is 37.1 Å². The van der Waals surface area contributed by atoms with Crippen molar-refractivity contribution in [1.82, 2.24) is 4.90 Å². The molecule has 100 valence electrons. The van der Waals surface area contributed by atoms with E-state index in [-0.39, 0.29) is 11.9 Å². The smallest absolute Gasteiger partial charge is 0.256 e. The van der Waals surface area contributed by atoms with Crippen LogP contribution in [0.2, 0.25) is 0 Å². The summed E-state index contributed by atoms with van der Waals surface area (Å²) in [7, 11) is 1.63. The molecule has 0 spiro atoms. The second kappa shape index (κ2) is 6.75. The fourth-order valence-electron chi connectivity index (χ4n) is 1.87. The average Bonchev–Trinajstić information content (AvgIpc) is 2.29. The SMILES string of the molecule is CCN(C(=O)c1ccc(Br)cc1N)C(C)COC. The first kappa shape index (κ1) is 15.0. The molecule has 1 aromatic carbocycles. The number of carbonyl (C=O) groups is 1. The van der Waals surface area contributed by atoms with Gasteiger partial charge < -0.3 is 15.4 Å². The molecule has 18 heavy (non-hydrogen) atoms. The molecular formula is C13H19BrN2O2. The van der Waals surface area contributed by atoms with Gasteiger partial charge in [-0.2, -0.15) is 0 Å². The summed E-state index contributed by atoms with van der Waals surface area (Å²) < 4.78 is 5.95. The highest BCUT2D eigenvalue weighted by molar-refractivity contribution is 9.10. The summed E-state index contributed by atoms with van der Waals surface area (Å²) >= 11 is 3.33. The number of ether oxygens (including phenoxy) is 1. The Labute approximate surface area is 116 Å². The lowest BCUT2D eigenvalue weighted by Gasteiger charge is -2.28. The maximum atomic E-state index is 12.4. The minimum absolute atomic E-state index is 0.0237. The van der Waals surface area contributed by atoms with Gasteiger partial charge in [-0.1, -0.05) is 15.9 Å². The Balaban J connectivity index is 2.96. The molecule has 1 aromatic rings. The first-order valence-electron chi connectivity index (χ1n) is 5.86. The molecule has 2 N–H and O–H groups in total. The summed E-state index contributed by atoms with van der Waals surface area (Å²) in [6, 6.07) is 5.32. The normalized spacial score (nSPS) is 12.2. The zero-order valence-electron chi connectivity index (χ0n) is 10.9. The largest absolute Gasteiger partial charge is 0.398 e. The van der Waals surface area contributed by atoms with Crippen molar-refractivity contribution in [1.29, 1.82) is 0 Å². The number of likely N-dealkylation sites (N-methyl/N-ethyl adjacent to an activating group) is 1. The molecule has 0 saturated carbocycles. The van der Waals surface area contributed by atoms with Gasteiger partial charge in [0.1, 0.15) is 0 Å². The van der Waals surface area contributed by atoms with Gasteiger partial charge in [-0.3, -0.25) is 4.79 Å². The first-order chi connectivity index (χ1) is 8.51. The molecule has 0 heterocycles. The summed E-state index contributed by atoms with van der Waals surface area (Å²) in [5.41, 5.74) is 6.89. The van der Waals surface area contributed by atoms with Crippen molar-refractivity contribution in [3.05, 3.63) is 28.2 Å². The van der Waals surface area contributed by atoms with Gasteiger partial charge in [0.25, 0.3) is 5.91 Å². The van der Waals surface area contributed by atoms with Crippen LogP contribution in [-0.2, 0) is 4.74 Å². The van der Waals surface area contributed by atoms with Gasteiger partial charge >= 0.3 is 0 Å². The average molecular weight is 315 g/mol. The molecule has 0 aliphatic heterocycles. The second-order valence-electron chi connectivity index (χ2n) is 4.13. The Morgan fingerprint density at radius 2 is 2.22 bits per heavy atom. The topological polar surface area (TPSA) is 55.6 Å². The van der Waals surface area contributed by atoms with Gasteiger partial charge in [0, 0.05) is 23.8 Å². The minimum atomic E-state index is -0.0629. The number of amides is 1. The summed E-state index contributed by atoms with van der Waals surface area (Å²) in [5.74, 6) is -0.0629. The van der Waals surface area contributed by atoms with Gasteiger partial charge in [0.05, 0.1) is 18.2 Å². The number of carbonyl (C=O) groups excluding carboxylic acids is 1. The number of halogens is 1. The quantitative estimate of drug-likeness (QED) is 0.850. The molecule has 0 bridgehead atoms. The lowest BCUT2D eigenvalue weighted by Crippen LogP contribution is -2.41. The van der Waals surface area contributed by atoms with E-state index in [0.29, 0.717) is 24.4 Å². The molecule has 1 atom stereocenters.